The maximum atomic E-state index is 3.51. The molecule has 1 aromatic rings. The van der Waals surface area contributed by atoms with Crippen LogP contribution in [-0.4, -0.2) is 0 Å². The van der Waals surface area contributed by atoms with Crippen LogP contribution in [0.2, 0.25) is 0 Å². The highest BCUT2D eigenvalue weighted by molar-refractivity contribution is 5.22. The topological polar surface area (TPSA) is 0 Å². The quantitative estimate of drug-likeness (QED) is 0.435. The molecule has 0 amide bonds. The minimum absolute atomic E-state index is 0. The van der Waals surface area contributed by atoms with E-state index in [1.54, 1.807) is 6.08 Å². The molecule has 170 valence electrons. The van der Waals surface area contributed by atoms with Crippen molar-refractivity contribution in [3.8, 4) is 0 Å². The van der Waals surface area contributed by atoms with E-state index in [4.69, 9.17) is 0 Å². The molecule has 0 N–H and O–H groups in total. The van der Waals surface area contributed by atoms with Gasteiger partial charge in [-0.05, 0) is 25.3 Å². The minimum Gasteiger partial charge on any atom is -0.0991 e. The monoisotopic (exact) mass is 394 g/mol. The molecule has 0 saturated heterocycles. The van der Waals surface area contributed by atoms with Gasteiger partial charge in [0.2, 0.25) is 0 Å². The van der Waals surface area contributed by atoms with E-state index in [2.05, 4.69) is 85.4 Å². The van der Waals surface area contributed by atoms with Crippen LogP contribution in [0.15, 0.2) is 49.1 Å². The molecular weight excluding hydrogens is 336 g/mol. The summed E-state index contributed by atoms with van der Waals surface area (Å²) < 4.78 is 0. The van der Waals surface area contributed by atoms with Crippen molar-refractivity contribution in [3.63, 3.8) is 0 Å². The fourth-order valence-electron chi connectivity index (χ4n) is 1.39. The van der Waals surface area contributed by atoms with Gasteiger partial charge < -0.3 is 0 Å². The van der Waals surface area contributed by atoms with Gasteiger partial charge in [-0.15, -0.1) is 0 Å². The Kier molecular flexibility index (Phi) is 73.6. The lowest BCUT2D eigenvalue weighted by Crippen LogP contribution is -1.82. The van der Waals surface area contributed by atoms with Gasteiger partial charge in [0.25, 0.3) is 0 Å². The van der Waals surface area contributed by atoms with Crippen molar-refractivity contribution in [1.29, 1.82) is 0 Å². The van der Waals surface area contributed by atoms with Gasteiger partial charge in [0.05, 0.1) is 0 Å². The predicted octanol–water partition coefficient (Wildman–Crippen LogP) is 11.0. The molecule has 28 heavy (non-hydrogen) atoms. The molecule has 0 atom stereocenters. The number of rotatable bonds is 5. The van der Waals surface area contributed by atoms with Crippen molar-refractivity contribution in [3.05, 3.63) is 60.2 Å². The van der Waals surface area contributed by atoms with E-state index in [9.17, 15) is 0 Å². The SMILES string of the molecule is C.C=CC=CCC.CC.CC.CCC.CCCC.CCCc1cccc(C)c1. The summed E-state index contributed by atoms with van der Waals surface area (Å²) in [4.78, 5) is 0. The zero-order valence-electron chi connectivity index (χ0n) is 21.0. The van der Waals surface area contributed by atoms with Crippen molar-refractivity contribution in [2.75, 3.05) is 0 Å². The first-order chi connectivity index (χ1) is 13.1. The third kappa shape index (κ3) is 56.3. The minimum atomic E-state index is 0. The van der Waals surface area contributed by atoms with E-state index in [0.29, 0.717) is 0 Å². The number of aryl methyl sites for hydroxylation is 2. The van der Waals surface area contributed by atoms with Gasteiger partial charge in [-0.1, -0.05) is 157 Å². The van der Waals surface area contributed by atoms with Crippen LogP contribution in [0.4, 0.5) is 0 Å². The molecule has 0 aliphatic rings. The van der Waals surface area contributed by atoms with Crippen molar-refractivity contribution in [2.24, 2.45) is 0 Å². The Morgan fingerprint density at radius 1 is 0.821 bits per heavy atom. The lowest BCUT2D eigenvalue weighted by Gasteiger charge is -1.97. The third-order valence-electron chi connectivity index (χ3n) is 2.63. The molecular formula is C28H58. The van der Waals surface area contributed by atoms with Crippen LogP contribution < -0.4 is 0 Å². The van der Waals surface area contributed by atoms with Crippen LogP contribution in [0.5, 0.6) is 0 Å². The molecule has 0 saturated carbocycles. The van der Waals surface area contributed by atoms with Gasteiger partial charge in [0, 0.05) is 0 Å². The summed E-state index contributed by atoms with van der Waals surface area (Å²) in [5.41, 5.74) is 2.83. The van der Waals surface area contributed by atoms with Crippen molar-refractivity contribution in [1.82, 2.24) is 0 Å². The third-order valence-corrected chi connectivity index (χ3v) is 2.63. The summed E-state index contributed by atoms with van der Waals surface area (Å²) in [5, 5.41) is 0. The molecule has 1 aromatic carbocycles. The zero-order chi connectivity index (χ0) is 22.3. The van der Waals surface area contributed by atoms with Gasteiger partial charge in [-0.3, -0.25) is 0 Å². The van der Waals surface area contributed by atoms with Gasteiger partial charge in [0.15, 0.2) is 0 Å². The summed E-state index contributed by atoms with van der Waals surface area (Å²) >= 11 is 0. The van der Waals surface area contributed by atoms with Gasteiger partial charge in [-0.25, -0.2) is 0 Å². The largest absolute Gasteiger partial charge is 0.0991 e. The molecule has 0 nitrogen and oxygen atoms in total. The van der Waals surface area contributed by atoms with Crippen LogP contribution in [0.25, 0.3) is 0 Å². The van der Waals surface area contributed by atoms with Crippen LogP contribution in [0.3, 0.4) is 0 Å². The second-order valence-corrected chi connectivity index (χ2v) is 5.52. The number of unbranched alkanes of at least 4 members (excludes halogenated alkanes) is 1. The smallest absolute Gasteiger partial charge is 0.0281 e. The summed E-state index contributed by atoms with van der Waals surface area (Å²) in [6.07, 6.45) is 13.2. The Morgan fingerprint density at radius 2 is 1.29 bits per heavy atom. The Morgan fingerprint density at radius 3 is 1.54 bits per heavy atom. The van der Waals surface area contributed by atoms with Crippen molar-refractivity contribution in [2.45, 2.75) is 122 Å². The van der Waals surface area contributed by atoms with E-state index < -0.39 is 0 Å². The fraction of sp³-hybridized carbons (Fsp3) is 0.643. The Hall–Kier alpha value is -1.30. The number of hydrogen-bond donors (Lipinski definition) is 0. The highest BCUT2D eigenvalue weighted by atomic mass is 13.9. The van der Waals surface area contributed by atoms with E-state index in [0.717, 1.165) is 6.42 Å². The Labute approximate surface area is 182 Å². The first-order valence-electron chi connectivity index (χ1n) is 11.4. The predicted molar refractivity (Wildman–Crippen MR) is 141 cm³/mol. The van der Waals surface area contributed by atoms with Crippen molar-refractivity contribution < 1.29 is 0 Å². The number of hydrogen-bond acceptors (Lipinski definition) is 0. The van der Waals surface area contributed by atoms with E-state index >= 15 is 0 Å². The highest BCUT2D eigenvalue weighted by Crippen LogP contribution is 2.05. The molecule has 0 radical (unpaired) electrons. The van der Waals surface area contributed by atoms with Crippen LogP contribution >= 0.6 is 0 Å². The molecule has 0 fully saturated rings. The molecule has 0 aliphatic heterocycles. The second-order valence-electron chi connectivity index (χ2n) is 5.52. The summed E-state index contributed by atoms with van der Waals surface area (Å²) in [6.45, 7) is 26.6. The van der Waals surface area contributed by atoms with Crippen LogP contribution in [0, 0.1) is 6.92 Å². The summed E-state index contributed by atoms with van der Waals surface area (Å²) in [7, 11) is 0. The number of allylic oxidation sites excluding steroid dienone is 3. The van der Waals surface area contributed by atoms with E-state index in [1.165, 1.54) is 43.2 Å². The molecule has 0 heteroatoms. The normalized spacial score (nSPS) is 7.68. The Bertz CT molecular complexity index is 345. The second kappa shape index (κ2) is 50.0. The van der Waals surface area contributed by atoms with Crippen LogP contribution in [0.1, 0.15) is 120 Å². The molecule has 0 aliphatic carbocycles. The first kappa shape index (κ1) is 41.2. The molecule has 0 heterocycles. The highest BCUT2D eigenvalue weighted by Gasteiger charge is 1.88. The molecule has 0 aromatic heterocycles. The van der Waals surface area contributed by atoms with E-state index in [1.807, 2.05) is 33.8 Å². The molecule has 1 rings (SSSR count). The van der Waals surface area contributed by atoms with Crippen molar-refractivity contribution >= 4 is 0 Å². The number of benzene rings is 1. The maximum absolute atomic E-state index is 3.51. The van der Waals surface area contributed by atoms with Gasteiger partial charge in [-0.2, -0.15) is 0 Å². The Balaban J connectivity index is -0.0000000586. The summed E-state index contributed by atoms with van der Waals surface area (Å²) in [5.74, 6) is 0. The van der Waals surface area contributed by atoms with Gasteiger partial charge >= 0.3 is 0 Å². The molecule has 0 spiro atoms. The first-order valence-corrected chi connectivity index (χ1v) is 11.4. The van der Waals surface area contributed by atoms with E-state index in [-0.39, 0.29) is 7.43 Å². The van der Waals surface area contributed by atoms with Gasteiger partial charge in [0.1, 0.15) is 0 Å². The molecule has 0 unspecified atom stereocenters. The maximum Gasteiger partial charge on any atom is -0.0281 e. The zero-order valence-corrected chi connectivity index (χ0v) is 21.0. The van der Waals surface area contributed by atoms with Crippen LogP contribution in [-0.2, 0) is 6.42 Å². The molecule has 0 bridgehead atoms. The average molecular weight is 395 g/mol. The lowest BCUT2D eigenvalue weighted by molar-refractivity contribution is 0.886. The summed E-state index contributed by atoms with van der Waals surface area (Å²) in [6, 6.07) is 8.71. The standard InChI is InChI=1S/C10H14.C6H10.C4H10.C3H8.2C2H6.CH4/c1-3-5-10-7-4-6-9(2)8-10;1-3-5-6-4-2;1-3-4-2;1-3-2;2*1-2;/h4,6-8H,3,5H2,1-2H3;3,5-6H,1,4H2,2H3;3-4H2,1-2H3;3H2,1-2H3;2*1-2H3;1H4. The average Bonchev–Trinajstić information content (AvgIpc) is 2.71. The lowest BCUT2D eigenvalue weighted by atomic mass is 10.1. The fourth-order valence-corrected chi connectivity index (χ4v) is 1.39.